The van der Waals surface area contributed by atoms with Crippen molar-refractivity contribution in [2.75, 3.05) is 42.7 Å². The number of hydrogen-bond donors (Lipinski definition) is 1. The highest BCUT2D eigenvalue weighted by atomic mass is 32.2. The average molecular weight is 408 g/mol. The van der Waals surface area contributed by atoms with Crippen molar-refractivity contribution in [2.24, 2.45) is 0 Å². The molecule has 2 aromatic rings. The van der Waals surface area contributed by atoms with Crippen molar-refractivity contribution in [1.82, 2.24) is 10.3 Å². The molecular formula is C18H21N3O4S2. The third kappa shape index (κ3) is 4.15. The van der Waals surface area contributed by atoms with Crippen molar-refractivity contribution >= 4 is 32.1 Å². The summed E-state index contributed by atoms with van der Waals surface area (Å²) < 4.78 is 28.7. The number of morpholine rings is 1. The predicted molar refractivity (Wildman–Crippen MR) is 105 cm³/mol. The summed E-state index contributed by atoms with van der Waals surface area (Å²) in [6.07, 6.45) is 3.95. The zero-order valence-electron chi connectivity index (χ0n) is 14.8. The van der Waals surface area contributed by atoms with Gasteiger partial charge in [-0.25, -0.2) is 8.42 Å². The quantitative estimate of drug-likeness (QED) is 0.828. The standard InChI is InChI=1S/C18H21N3O4S2/c22-17(20-14-3-10-27(23,24)12-14)16-11-15(13-1-4-19-5-2-13)18(26-16)21-6-8-25-9-7-21/h1-2,4-5,11,14H,3,6-10,12H2,(H,20,22)/t14-/m1/s1. The minimum absolute atomic E-state index is 0.0254. The summed E-state index contributed by atoms with van der Waals surface area (Å²) in [5, 5.41) is 3.92. The van der Waals surface area contributed by atoms with Crippen LogP contribution < -0.4 is 10.2 Å². The molecule has 2 saturated heterocycles. The monoisotopic (exact) mass is 407 g/mol. The number of nitrogens with one attached hydrogen (secondary N) is 1. The minimum Gasteiger partial charge on any atom is -0.378 e. The number of rotatable bonds is 4. The number of carbonyl (C=O) groups is 1. The molecule has 0 unspecified atom stereocenters. The summed E-state index contributed by atoms with van der Waals surface area (Å²) in [5.74, 6) is -0.0432. The Bertz CT molecular complexity index is 921. The van der Waals surface area contributed by atoms with Gasteiger partial charge in [0.25, 0.3) is 5.91 Å². The molecule has 2 fully saturated rings. The summed E-state index contributed by atoms with van der Waals surface area (Å²) in [5.41, 5.74) is 2.00. The molecule has 27 heavy (non-hydrogen) atoms. The lowest BCUT2D eigenvalue weighted by Gasteiger charge is -2.28. The van der Waals surface area contributed by atoms with Crippen molar-refractivity contribution in [2.45, 2.75) is 12.5 Å². The molecular weight excluding hydrogens is 386 g/mol. The fourth-order valence-corrected chi connectivity index (χ4v) is 6.21. The molecule has 0 aliphatic carbocycles. The number of amides is 1. The van der Waals surface area contributed by atoms with E-state index >= 15 is 0 Å². The topological polar surface area (TPSA) is 88.6 Å². The Morgan fingerprint density at radius 3 is 2.67 bits per heavy atom. The van der Waals surface area contributed by atoms with Gasteiger partial charge in [-0.3, -0.25) is 9.78 Å². The number of nitrogens with zero attached hydrogens (tertiary/aromatic N) is 2. The maximum absolute atomic E-state index is 12.7. The van der Waals surface area contributed by atoms with E-state index in [0.717, 1.165) is 29.2 Å². The molecule has 0 aromatic carbocycles. The molecule has 7 nitrogen and oxygen atoms in total. The number of anilines is 1. The number of carbonyl (C=O) groups excluding carboxylic acids is 1. The lowest BCUT2D eigenvalue weighted by atomic mass is 10.1. The van der Waals surface area contributed by atoms with Crippen LogP contribution in [0.25, 0.3) is 11.1 Å². The Kier molecular flexibility index (Phi) is 5.16. The molecule has 2 aliphatic heterocycles. The van der Waals surface area contributed by atoms with E-state index in [1.807, 2.05) is 18.2 Å². The van der Waals surface area contributed by atoms with Crippen LogP contribution in [0.3, 0.4) is 0 Å². The van der Waals surface area contributed by atoms with E-state index in [-0.39, 0.29) is 23.5 Å². The summed E-state index contributed by atoms with van der Waals surface area (Å²) in [6, 6.07) is 5.44. The maximum atomic E-state index is 12.7. The molecule has 144 valence electrons. The maximum Gasteiger partial charge on any atom is 0.261 e. The second-order valence-electron chi connectivity index (χ2n) is 6.74. The number of sulfone groups is 1. The lowest BCUT2D eigenvalue weighted by molar-refractivity contribution is 0.0945. The van der Waals surface area contributed by atoms with Crippen LogP contribution in [0.1, 0.15) is 16.1 Å². The van der Waals surface area contributed by atoms with Gasteiger partial charge >= 0.3 is 0 Å². The highest BCUT2D eigenvalue weighted by Gasteiger charge is 2.30. The van der Waals surface area contributed by atoms with E-state index < -0.39 is 9.84 Å². The summed E-state index contributed by atoms with van der Waals surface area (Å²) >= 11 is 1.44. The number of thiophene rings is 1. The van der Waals surface area contributed by atoms with Crippen LogP contribution in [-0.4, -0.2) is 63.2 Å². The van der Waals surface area contributed by atoms with Gasteiger partial charge in [-0.15, -0.1) is 11.3 Å². The molecule has 1 N–H and O–H groups in total. The first kappa shape index (κ1) is 18.4. The minimum atomic E-state index is -3.03. The first-order valence-corrected chi connectivity index (χ1v) is 11.5. The molecule has 1 atom stereocenters. The Balaban J connectivity index is 1.61. The Morgan fingerprint density at radius 2 is 2.00 bits per heavy atom. The smallest absolute Gasteiger partial charge is 0.261 e. The molecule has 0 spiro atoms. The third-order valence-electron chi connectivity index (χ3n) is 4.79. The molecule has 0 saturated carbocycles. The van der Waals surface area contributed by atoms with Crippen LogP contribution in [0.4, 0.5) is 5.00 Å². The van der Waals surface area contributed by atoms with Gasteiger partial charge in [0.2, 0.25) is 0 Å². The molecule has 2 aliphatic rings. The Labute approximate surface area is 162 Å². The van der Waals surface area contributed by atoms with Gasteiger partial charge in [0, 0.05) is 37.1 Å². The van der Waals surface area contributed by atoms with E-state index in [1.54, 1.807) is 12.4 Å². The third-order valence-corrected chi connectivity index (χ3v) is 7.76. The lowest BCUT2D eigenvalue weighted by Crippen LogP contribution is -2.36. The SMILES string of the molecule is O=C(N[C@@H]1CCS(=O)(=O)C1)c1cc(-c2ccncc2)c(N2CCOCC2)s1. The van der Waals surface area contributed by atoms with Gasteiger partial charge in [-0.05, 0) is 30.2 Å². The van der Waals surface area contributed by atoms with E-state index in [1.165, 1.54) is 11.3 Å². The van der Waals surface area contributed by atoms with Crippen LogP contribution in [0.15, 0.2) is 30.6 Å². The van der Waals surface area contributed by atoms with Crippen molar-refractivity contribution < 1.29 is 17.9 Å². The van der Waals surface area contributed by atoms with Crippen LogP contribution in [0, 0.1) is 0 Å². The van der Waals surface area contributed by atoms with Crippen LogP contribution >= 0.6 is 11.3 Å². The van der Waals surface area contributed by atoms with E-state index in [2.05, 4.69) is 15.2 Å². The highest BCUT2D eigenvalue weighted by molar-refractivity contribution is 7.91. The van der Waals surface area contributed by atoms with E-state index in [4.69, 9.17) is 4.74 Å². The van der Waals surface area contributed by atoms with Gasteiger partial charge in [0.1, 0.15) is 0 Å². The number of pyridine rings is 1. The van der Waals surface area contributed by atoms with Crippen molar-refractivity contribution in [3.05, 3.63) is 35.5 Å². The van der Waals surface area contributed by atoms with Crippen LogP contribution in [-0.2, 0) is 14.6 Å². The number of aromatic nitrogens is 1. The predicted octanol–water partition coefficient (Wildman–Crippen LogP) is 1.56. The zero-order valence-corrected chi connectivity index (χ0v) is 16.4. The van der Waals surface area contributed by atoms with Gasteiger partial charge in [-0.1, -0.05) is 0 Å². The fourth-order valence-electron chi connectivity index (χ4n) is 3.40. The van der Waals surface area contributed by atoms with Gasteiger partial charge < -0.3 is 15.0 Å². The first-order valence-electron chi connectivity index (χ1n) is 8.90. The second kappa shape index (κ2) is 7.57. The molecule has 0 bridgehead atoms. The van der Waals surface area contributed by atoms with Gasteiger partial charge in [-0.2, -0.15) is 0 Å². The van der Waals surface area contributed by atoms with E-state index in [9.17, 15) is 13.2 Å². The highest BCUT2D eigenvalue weighted by Crippen LogP contribution is 2.39. The van der Waals surface area contributed by atoms with Gasteiger partial charge in [0.05, 0.1) is 34.6 Å². The van der Waals surface area contributed by atoms with E-state index in [0.29, 0.717) is 24.5 Å². The van der Waals surface area contributed by atoms with Crippen LogP contribution in [0.2, 0.25) is 0 Å². The van der Waals surface area contributed by atoms with Gasteiger partial charge in [0.15, 0.2) is 9.84 Å². The number of hydrogen-bond acceptors (Lipinski definition) is 7. The normalized spacial score (nSPS) is 21.9. The molecule has 9 heteroatoms. The molecule has 4 heterocycles. The summed E-state index contributed by atoms with van der Waals surface area (Å²) in [6.45, 7) is 2.88. The van der Waals surface area contributed by atoms with Crippen molar-refractivity contribution in [3.63, 3.8) is 0 Å². The molecule has 4 rings (SSSR count). The van der Waals surface area contributed by atoms with Crippen molar-refractivity contribution in [3.8, 4) is 11.1 Å². The largest absolute Gasteiger partial charge is 0.378 e. The zero-order chi connectivity index (χ0) is 18.9. The molecule has 2 aromatic heterocycles. The fraction of sp³-hybridized carbons (Fsp3) is 0.444. The average Bonchev–Trinajstić information content (AvgIpc) is 3.27. The van der Waals surface area contributed by atoms with Crippen molar-refractivity contribution in [1.29, 1.82) is 0 Å². The molecule has 1 amide bonds. The Hall–Kier alpha value is -1.97. The first-order chi connectivity index (χ1) is 13.0. The second-order valence-corrected chi connectivity index (χ2v) is 10.00. The summed E-state index contributed by atoms with van der Waals surface area (Å²) in [4.78, 5) is 19.6. The molecule has 0 radical (unpaired) electrons. The van der Waals surface area contributed by atoms with Crippen LogP contribution in [0.5, 0.6) is 0 Å². The Morgan fingerprint density at radius 1 is 1.26 bits per heavy atom. The summed E-state index contributed by atoms with van der Waals surface area (Å²) in [7, 11) is -3.03. The number of ether oxygens (including phenoxy) is 1.